The van der Waals surface area contributed by atoms with Crippen molar-refractivity contribution in [2.24, 2.45) is 0 Å². The van der Waals surface area contributed by atoms with Crippen LogP contribution in [0.2, 0.25) is 0 Å². The van der Waals surface area contributed by atoms with E-state index in [2.05, 4.69) is 20.3 Å². The Labute approximate surface area is 158 Å². The zero-order chi connectivity index (χ0) is 20.3. The summed E-state index contributed by atoms with van der Waals surface area (Å²) in [5, 5.41) is 11.1. The third-order valence-electron chi connectivity index (χ3n) is 3.33. The number of nitrogens with zero attached hydrogens (tertiary/aromatic N) is 4. The van der Waals surface area contributed by atoms with Gasteiger partial charge in [-0.05, 0) is 52.9 Å². The molecule has 0 bridgehead atoms. The van der Waals surface area contributed by atoms with Crippen LogP contribution in [0.15, 0.2) is 47.6 Å². The molecule has 0 saturated heterocycles. The molecule has 1 aromatic heterocycles. The molecule has 0 unspecified atom stereocenters. The Kier molecular flexibility index (Phi) is 5.58. The highest BCUT2D eigenvalue weighted by Crippen LogP contribution is 2.25. The summed E-state index contributed by atoms with van der Waals surface area (Å²) in [7, 11) is 0. The molecule has 146 valence electrons. The van der Waals surface area contributed by atoms with Gasteiger partial charge in [0.2, 0.25) is 5.16 Å². The Balaban J connectivity index is 1.70. The number of halogens is 5. The molecule has 12 heteroatoms. The zero-order valence-electron chi connectivity index (χ0n) is 13.7. The molecule has 0 spiro atoms. The van der Waals surface area contributed by atoms with Gasteiger partial charge in [0.15, 0.2) is 17.4 Å². The Morgan fingerprint density at radius 3 is 2.43 bits per heavy atom. The smallest absolute Gasteiger partial charge is 0.406 e. The molecule has 0 saturated carbocycles. The number of tetrazole rings is 1. The van der Waals surface area contributed by atoms with Crippen LogP contribution >= 0.6 is 11.8 Å². The summed E-state index contributed by atoms with van der Waals surface area (Å²) in [6, 6.07) is 7.58. The van der Waals surface area contributed by atoms with E-state index in [0.29, 0.717) is 5.69 Å². The SMILES string of the molecule is O=C(CSc1nnnn1-c1ccc(OC(F)(F)F)cc1)c1ccc(F)c(F)c1. The lowest BCUT2D eigenvalue weighted by Gasteiger charge is -2.09. The van der Waals surface area contributed by atoms with E-state index in [1.54, 1.807) is 0 Å². The highest BCUT2D eigenvalue weighted by molar-refractivity contribution is 7.99. The van der Waals surface area contributed by atoms with Gasteiger partial charge in [0.1, 0.15) is 5.75 Å². The molecule has 6 nitrogen and oxygen atoms in total. The number of aromatic nitrogens is 4. The third-order valence-corrected chi connectivity index (χ3v) is 4.25. The molecule has 0 aliphatic carbocycles. The number of carbonyl (C=O) groups excluding carboxylic acids is 1. The topological polar surface area (TPSA) is 69.9 Å². The van der Waals surface area contributed by atoms with Crippen LogP contribution in [0.25, 0.3) is 5.69 Å². The maximum absolute atomic E-state index is 13.2. The number of hydrogen-bond donors (Lipinski definition) is 0. The Bertz CT molecular complexity index is 991. The van der Waals surface area contributed by atoms with E-state index in [1.165, 1.54) is 16.8 Å². The van der Waals surface area contributed by atoms with Gasteiger partial charge in [0.05, 0.1) is 11.4 Å². The molecule has 0 radical (unpaired) electrons. The molecule has 3 rings (SSSR count). The minimum absolute atomic E-state index is 0.0147. The number of ketones is 1. The summed E-state index contributed by atoms with van der Waals surface area (Å²) in [4.78, 5) is 12.1. The van der Waals surface area contributed by atoms with Crippen molar-refractivity contribution >= 4 is 17.5 Å². The number of hydrogen-bond acceptors (Lipinski definition) is 6. The first-order chi connectivity index (χ1) is 13.2. The van der Waals surface area contributed by atoms with Crippen LogP contribution in [-0.2, 0) is 0 Å². The van der Waals surface area contributed by atoms with E-state index in [4.69, 9.17) is 0 Å². The molecule has 2 aromatic carbocycles. The maximum Gasteiger partial charge on any atom is 0.573 e. The average molecular weight is 416 g/mol. The van der Waals surface area contributed by atoms with Crippen molar-refractivity contribution in [2.45, 2.75) is 11.5 Å². The number of Topliss-reactive ketones (excluding diaryl/α,β-unsaturated/α-hetero) is 1. The van der Waals surface area contributed by atoms with Crippen LogP contribution < -0.4 is 4.74 Å². The van der Waals surface area contributed by atoms with Crippen LogP contribution in [0.4, 0.5) is 22.0 Å². The Hall–Kier alpha value is -3.02. The van der Waals surface area contributed by atoms with E-state index in [0.717, 1.165) is 42.1 Å². The van der Waals surface area contributed by atoms with E-state index in [9.17, 15) is 26.7 Å². The van der Waals surface area contributed by atoms with Gasteiger partial charge < -0.3 is 4.74 Å². The van der Waals surface area contributed by atoms with Gasteiger partial charge in [0.25, 0.3) is 0 Å². The van der Waals surface area contributed by atoms with Crippen molar-refractivity contribution in [3.05, 3.63) is 59.7 Å². The number of thioether (sulfide) groups is 1. The van der Waals surface area contributed by atoms with Crippen LogP contribution in [0.5, 0.6) is 5.75 Å². The van der Waals surface area contributed by atoms with E-state index < -0.39 is 29.5 Å². The number of carbonyl (C=O) groups is 1. The molecule has 0 amide bonds. The quantitative estimate of drug-likeness (QED) is 0.346. The summed E-state index contributed by atoms with van der Waals surface area (Å²) in [5.41, 5.74) is 0.321. The second-order valence-electron chi connectivity index (χ2n) is 5.26. The third kappa shape index (κ3) is 4.82. The molecule has 0 aliphatic rings. The van der Waals surface area contributed by atoms with Crippen molar-refractivity contribution in [1.29, 1.82) is 0 Å². The minimum Gasteiger partial charge on any atom is -0.406 e. The number of rotatable bonds is 6. The second kappa shape index (κ2) is 7.92. The summed E-state index contributed by atoms with van der Waals surface area (Å²) >= 11 is 0.926. The number of benzene rings is 2. The predicted octanol–water partition coefficient (Wildman–Crippen LogP) is 3.81. The van der Waals surface area contributed by atoms with Crippen molar-refractivity contribution in [1.82, 2.24) is 20.2 Å². The van der Waals surface area contributed by atoms with Crippen molar-refractivity contribution in [3.63, 3.8) is 0 Å². The second-order valence-corrected chi connectivity index (χ2v) is 6.20. The molecule has 28 heavy (non-hydrogen) atoms. The highest BCUT2D eigenvalue weighted by atomic mass is 32.2. The molecule has 0 fully saturated rings. The van der Waals surface area contributed by atoms with E-state index >= 15 is 0 Å². The van der Waals surface area contributed by atoms with Gasteiger partial charge >= 0.3 is 6.36 Å². The summed E-state index contributed by atoms with van der Waals surface area (Å²) < 4.78 is 67.8. The van der Waals surface area contributed by atoms with Gasteiger partial charge in [-0.1, -0.05) is 11.8 Å². The number of ether oxygens (including phenoxy) is 1. The molecule has 0 aliphatic heterocycles. The first-order valence-corrected chi connectivity index (χ1v) is 8.47. The van der Waals surface area contributed by atoms with E-state index in [1.807, 2.05) is 0 Å². The lowest BCUT2D eigenvalue weighted by atomic mass is 10.1. The zero-order valence-corrected chi connectivity index (χ0v) is 14.5. The largest absolute Gasteiger partial charge is 0.573 e. The fraction of sp³-hybridized carbons (Fsp3) is 0.125. The molecule has 3 aromatic rings. The minimum atomic E-state index is -4.81. The van der Waals surface area contributed by atoms with Gasteiger partial charge in [0, 0.05) is 5.56 Å². The fourth-order valence-electron chi connectivity index (χ4n) is 2.10. The lowest BCUT2D eigenvalue weighted by molar-refractivity contribution is -0.274. The van der Waals surface area contributed by atoms with E-state index in [-0.39, 0.29) is 16.5 Å². The van der Waals surface area contributed by atoms with Crippen molar-refractivity contribution < 1.29 is 31.5 Å². The summed E-state index contributed by atoms with van der Waals surface area (Å²) in [6.45, 7) is 0. The van der Waals surface area contributed by atoms with Crippen LogP contribution in [0, 0.1) is 11.6 Å². The average Bonchev–Trinajstić information content (AvgIpc) is 3.10. The fourth-order valence-corrected chi connectivity index (χ4v) is 2.89. The Morgan fingerprint density at radius 1 is 1.07 bits per heavy atom. The van der Waals surface area contributed by atoms with Gasteiger partial charge in [-0.25, -0.2) is 8.78 Å². The van der Waals surface area contributed by atoms with Crippen LogP contribution in [-0.4, -0.2) is 38.1 Å². The molecule has 0 N–H and O–H groups in total. The molecular weight excluding hydrogens is 407 g/mol. The monoisotopic (exact) mass is 416 g/mol. The standard InChI is InChI=1S/C16H9F5N4O2S/c17-12-6-1-9(7-13(12)18)14(26)8-28-15-22-23-24-25(15)10-2-4-11(5-3-10)27-16(19,20)21/h1-7H,8H2. The summed E-state index contributed by atoms with van der Waals surface area (Å²) in [6.07, 6.45) is -4.81. The maximum atomic E-state index is 13.2. The molecule has 0 atom stereocenters. The van der Waals surface area contributed by atoms with Crippen molar-refractivity contribution in [3.8, 4) is 11.4 Å². The van der Waals surface area contributed by atoms with Crippen molar-refractivity contribution in [2.75, 3.05) is 5.75 Å². The van der Waals surface area contributed by atoms with Gasteiger partial charge in [-0.15, -0.1) is 18.3 Å². The lowest BCUT2D eigenvalue weighted by Crippen LogP contribution is -2.17. The Morgan fingerprint density at radius 2 is 1.79 bits per heavy atom. The first-order valence-electron chi connectivity index (χ1n) is 7.48. The summed E-state index contributed by atoms with van der Waals surface area (Å²) in [5.74, 6) is -3.26. The predicted molar refractivity (Wildman–Crippen MR) is 87.2 cm³/mol. The molecular formula is C16H9F5N4O2S. The van der Waals surface area contributed by atoms with Gasteiger partial charge in [-0.3, -0.25) is 4.79 Å². The van der Waals surface area contributed by atoms with Crippen LogP contribution in [0.3, 0.4) is 0 Å². The first kappa shape index (κ1) is 19.7. The van der Waals surface area contributed by atoms with Crippen LogP contribution in [0.1, 0.15) is 10.4 Å². The molecule has 1 heterocycles. The highest BCUT2D eigenvalue weighted by Gasteiger charge is 2.31. The van der Waals surface area contributed by atoms with Gasteiger partial charge in [-0.2, -0.15) is 4.68 Å². The number of alkyl halides is 3. The normalized spacial score (nSPS) is 11.5.